The first-order valence-corrected chi connectivity index (χ1v) is 7.28. The lowest BCUT2D eigenvalue weighted by Gasteiger charge is -2.28. The van der Waals surface area contributed by atoms with Gasteiger partial charge in [-0.05, 0) is 38.1 Å². The Morgan fingerprint density at radius 1 is 0.938 bits per heavy atom. The van der Waals surface area contributed by atoms with Crippen LogP contribution in [-0.4, -0.2) is 23.8 Å². The van der Waals surface area contributed by atoms with Crippen molar-refractivity contribution in [3.8, 4) is 0 Å². The molecular formula is C14H27NO. The highest BCUT2D eigenvalue weighted by Gasteiger charge is 2.22. The molecule has 0 amide bonds. The van der Waals surface area contributed by atoms with Gasteiger partial charge in [-0.3, -0.25) is 0 Å². The third kappa shape index (κ3) is 3.74. The van der Waals surface area contributed by atoms with Crippen molar-refractivity contribution in [3.63, 3.8) is 0 Å². The second kappa shape index (κ2) is 6.61. The molecule has 2 saturated carbocycles. The van der Waals surface area contributed by atoms with E-state index >= 15 is 0 Å². The molecule has 0 spiro atoms. The fourth-order valence-electron chi connectivity index (χ4n) is 3.33. The molecule has 0 heterocycles. The Kier molecular flexibility index (Phi) is 5.11. The van der Waals surface area contributed by atoms with Gasteiger partial charge in [0.15, 0.2) is 0 Å². The average molecular weight is 225 g/mol. The molecule has 2 heteroatoms. The predicted octanol–water partition coefficient (Wildman–Crippen LogP) is 2.85. The number of aliphatic hydroxyl groups is 1. The molecule has 2 fully saturated rings. The van der Waals surface area contributed by atoms with Crippen molar-refractivity contribution in [1.29, 1.82) is 0 Å². The zero-order valence-corrected chi connectivity index (χ0v) is 10.5. The summed E-state index contributed by atoms with van der Waals surface area (Å²) < 4.78 is 0. The second-order valence-electron chi connectivity index (χ2n) is 5.71. The van der Waals surface area contributed by atoms with E-state index in [4.69, 9.17) is 0 Å². The van der Waals surface area contributed by atoms with Crippen molar-refractivity contribution in [2.45, 2.75) is 76.4 Å². The number of hydrogen-bond donors (Lipinski definition) is 2. The molecule has 2 aliphatic rings. The Morgan fingerprint density at radius 3 is 2.38 bits per heavy atom. The molecule has 16 heavy (non-hydrogen) atoms. The maximum Gasteiger partial charge on any atom is 0.0693 e. The van der Waals surface area contributed by atoms with Gasteiger partial charge in [0.05, 0.1) is 6.10 Å². The smallest absolute Gasteiger partial charge is 0.0693 e. The molecule has 2 atom stereocenters. The first-order valence-electron chi connectivity index (χ1n) is 7.28. The van der Waals surface area contributed by atoms with E-state index in [-0.39, 0.29) is 6.10 Å². The third-order valence-electron chi connectivity index (χ3n) is 4.40. The SMILES string of the molecule is O[C@@H]1CCCC[C@H]1NCCCC1CCCC1. The van der Waals surface area contributed by atoms with Crippen molar-refractivity contribution < 1.29 is 5.11 Å². The van der Waals surface area contributed by atoms with Crippen LogP contribution in [0.3, 0.4) is 0 Å². The minimum Gasteiger partial charge on any atom is -0.392 e. The highest BCUT2D eigenvalue weighted by molar-refractivity contribution is 4.80. The molecule has 0 saturated heterocycles. The quantitative estimate of drug-likeness (QED) is 0.705. The largest absolute Gasteiger partial charge is 0.392 e. The Bertz CT molecular complexity index is 189. The van der Waals surface area contributed by atoms with Crippen LogP contribution in [0.5, 0.6) is 0 Å². The summed E-state index contributed by atoms with van der Waals surface area (Å²) in [5.41, 5.74) is 0. The average Bonchev–Trinajstić information content (AvgIpc) is 2.79. The van der Waals surface area contributed by atoms with Crippen molar-refractivity contribution in [2.24, 2.45) is 5.92 Å². The zero-order valence-electron chi connectivity index (χ0n) is 10.5. The second-order valence-corrected chi connectivity index (χ2v) is 5.71. The maximum atomic E-state index is 9.82. The minimum atomic E-state index is -0.0831. The lowest BCUT2D eigenvalue weighted by Crippen LogP contribution is -2.42. The minimum absolute atomic E-state index is 0.0831. The summed E-state index contributed by atoms with van der Waals surface area (Å²) in [4.78, 5) is 0. The first kappa shape index (κ1) is 12.4. The summed E-state index contributed by atoms with van der Waals surface area (Å²) in [7, 11) is 0. The van der Waals surface area contributed by atoms with E-state index < -0.39 is 0 Å². The van der Waals surface area contributed by atoms with Crippen molar-refractivity contribution in [2.75, 3.05) is 6.54 Å². The van der Waals surface area contributed by atoms with Gasteiger partial charge in [-0.25, -0.2) is 0 Å². The molecule has 0 aromatic heterocycles. The number of nitrogens with one attached hydrogen (secondary N) is 1. The van der Waals surface area contributed by atoms with E-state index in [2.05, 4.69) is 5.32 Å². The van der Waals surface area contributed by atoms with Gasteiger partial charge in [0, 0.05) is 6.04 Å². The molecule has 2 rings (SSSR count). The van der Waals surface area contributed by atoms with Crippen molar-refractivity contribution >= 4 is 0 Å². The van der Waals surface area contributed by atoms with Crippen LogP contribution in [-0.2, 0) is 0 Å². The zero-order chi connectivity index (χ0) is 11.2. The number of aliphatic hydroxyl groups excluding tert-OH is 1. The van der Waals surface area contributed by atoms with Crippen molar-refractivity contribution in [1.82, 2.24) is 5.32 Å². The predicted molar refractivity (Wildman–Crippen MR) is 67.5 cm³/mol. The molecule has 0 aromatic carbocycles. The summed E-state index contributed by atoms with van der Waals surface area (Å²) in [6, 6.07) is 0.386. The summed E-state index contributed by atoms with van der Waals surface area (Å²) in [5, 5.41) is 13.4. The van der Waals surface area contributed by atoms with Gasteiger partial charge in [-0.2, -0.15) is 0 Å². The summed E-state index contributed by atoms with van der Waals surface area (Å²) in [6.07, 6.45) is 13.1. The van der Waals surface area contributed by atoms with Crippen LogP contribution in [0.15, 0.2) is 0 Å². The molecule has 0 aromatic rings. The molecule has 2 aliphatic carbocycles. The third-order valence-corrected chi connectivity index (χ3v) is 4.40. The standard InChI is InChI=1S/C14H27NO/c16-14-10-4-3-9-13(14)15-11-5-8-12-6-1-2-7-12/h12-16H,1-11H2/t13-,14-/m1/s1. The Labute approximate surface area is 99.8 Å². The van der Waals surface area contributed by atoms with E-state index in [1.807, 2.05) is 0 Å². The van der Waals surface area contributed by atoms with Gasteiger partial charge in [-0.15, -0.1) is 0 Å². The van der Waals surface area contributed by atoms with Crippen LogP contribution in [0, 0.1) is 5.92 Å². The number of hydrogen-bond acceptors (Lipinski definition) is 2. The molecule has 94 valence electrons. The molecule has 0 unspecified atom stereocenters. The Morgan fingerprint density at radius 2 is 1.62 bits per heavy atom. The van der Waals surface area contributed by atoms with Crippen LogP contribution in [0.2, 0.25) is 0 Å². The van der Waals surface area contributed by atoms with Crippen LogP contribution in [0.25, 0.3) is 0 Å². The van der Waals surface area contributed by atoms with Gasteiger partial charge >= 0.3 is 0 Å². The van der Waals surface area contributed by atoms with Crippen molar-refractivity contribution in [3.05, 3.63) is 0 Å². The van der Waals surface area contributed by atoms with E-state index in [1.165, 1.54) is 57.8 Å². The van der Waals surface area contributed by atoms with Crippen LogP contribution < -0.4 is 5.32 Å². The van der Waals surface area contributed by atoms with E-state index in [0.717, 1.165) is 18.9 Å². The molecule has 0 bridgehead atoms. The summed E-state index contributed by atoms with van der Waals surface area (Å²) >= 11 is 0. The summed E-state index contributed by atoms with van der Waals surface area (Å²) in [5.74, 6) is 1.01. The molecule has 2 nitrogen and oxygen atoms in total. The van der Waals surface area contributed by atoms with Gasteiger partial charge in [0.1, 0.15) is 0 Å². The van der Waals surface area contributed by atoms with E-state index in [9.17, 15) is 5.11 Å². The normalized spacial score (nSPS) is 32.1. The Balaban J connectivity index is 1.53. The lowest BCUT2D eigenvalue weighted by molar-refractivity contribution is 0.0908. The van der Waals surface area contributed by atoms with E-state index in [0.29, 0.717) is 6.04 Å². The molecule has 0 aliphatic heterocycles. The Hall–Kier alpha value is -0.0800. The fraction of sp³-hybridized carbons (Fsp3) is 1.00. The highest BCUT2D eigenvalue weighted by Crippen LogP contribution is 2.28. The monoisotopic (exact) mass is 225 g/mol. The molecular weight excluding hydrogens is 198 g/mol. The first-order chi connectivity index (χ1) is 7.86. The number of rotatable bonds is 5. The molecule has 0 radical (unpaired) electrons. The van der Waals surface area contributed by atoms with Gasteiger partial charge in [0.2, 0.25) is 0 Å². The van der Waals surface area contributed by atoms with Gasteiger partial charge < -0.3 is 10.4 Å². The van der Waals surface area contributed by atoms with Crippen LogP contribution in [0.1, 0.15) is 64.2 Å². The fourth-order valence-corrected chi connectivity index (χ4v) is 3.33. The van der Waals surface area contributed by atoms with Crippen LogP contribution in [0.4, 0.5) is 0 Å². The van der Waals surface area contributed by atoms with Gasteiger partial charge in [0.25, 0.3) is 0 Å². The van der Waals surface area contributed by atoms with Crippen LogP contribution >= 0.6 is 0 Å². The molecule has 2 N–H and O–H groups in total. The lowest BCUT2D eigenvalue weighted by atomic mass is 9.92. The maximum absolute atomic E-state index is 9.82. The van der Waals surface area contributed by atoms with Gasteiger partial charge in [-0.1, -0.05) is 38.5 Å². The summed E-state index contributed by atoms with van der Waals surface area (Å²) in [6.45, 7) is 1.11. The topological polar surface area (TPSA) is 32.3 Å². The highest BCUT2D eigenvalue weighted by atomic mass is 16.3. The van der Waals surface area contributed by atoms with E-state index in [1.54, 1.807) is 0 Å².